The van der Waals surface area contributed by atoms with Crippen molar-refractivity contribution in [2.24, 2.45) is 0 Å². The maximum atomic E-state index is 14.5. The van der Waals surface area contributed by atoms with Gasteiger partial charge in [0.1, 0.15) is 24.1 Å². The molecule has 6 aromatic carbocycles. The quantitative estimate of drug-likeness (QED) is 0.117. The van der Waals surface area contributed by atoms with Gasteiger partial charge in [0.25, 0.3) is 5.91 Å². The van der Waals surface area contributed by atoms with E-state index in [-0.39, 0.29) is 30.9 Å². The number of aliphatic carboxylic acids is 1. The minimum Gasteiger partial charge on any atom is -0.489 e. The number of fused-ring (bicyclic) bond motifs is 2. The van der Waals surface area contributed by atoms with Gasteiger partial charge in [0.2, 0.25) is 12.0 Å². The second kappa shape index (κ2) is 18.8. The number of nitrogens with zero attached hydrogens (tertiary/aromatic N) is 3. The SMILES string of the molecule is CC[C@H](c1ccccc1)N1Cc2cc3c(cc2C[C@H]1C(=O)NC(Cc1ccc(-c2ccc(C#N)cc2)cc1)C(=O)O)N(C)C(=O)[C@@H](c1ccc(OCc2ccc(Cl)c(Cl)c2)cc1)O3. The van der Waals surface area contributed by atoms with Crippen LogP contribution in [0.15, 0.2) is 133 Å². The van der Waals surface area contributed by atoms with Crippen LogP contribution in [0, 0.1) is 11.3 Å². The molecule has 6 aromatic rings. The monoisotopic (exact) mass is 878 g/mol. The normalized spacial score (nSPS) is 16.7. The number of nitrogens with one attached hydrogen (secondary N) is 1. The van der Waals surface area contributed by atoms with Crippen LogP contribution in [0.1, 0.15) is 64.4 Å². The first-order valence-corrected chi connectivity index (χ1v) is 21.4. The first kappa shape index (κ1) is 43.0. The number of hydrogen-bond donors (Lipinski definition) is 2. The highest BCUT2D eigenvalue weighted by Gasteiger charge is 2.40. The minimum absolute atomic E-state index is 0.0846. The Hall–Kier alpha value is -6.64. The summed E-state index contributed by atoms with van der Waals surface area (Å²) in [5, 5.41) is 23.4. The second-order valence-corrected chi connectivity index (χ2v) is 16.6. The van der Waals surface area contributed by atoms with Crippen LogP contribution >= 0.6 is 23.2 Å². The molecule has 0 saturated heterocycles. The predicted molar refractivity (Wildman–Crippen MR) is 243 cm³/mol. The summed E-state index contributed by atoms with van der Waals surface area (Å²) in [5.74, 6) is -0.610. The Morgan fingerprint density at radius 1 is 0.873 bits per heavy atom. The number of nitriles is 1. The molecule has 2 N–H and O–H groups in total. The van der Waals surface area contributed by atoms with Crippen molar-refractivity contribution in [3.63, 3.8) is 0 Å². The van der Waals surface area contributed by atoms with Gasteiger partial charge in [-0.25, -0.2) is 4.79 Å². The highest BCUT2D eigenvalue weighted by molar-refractivity contribution is 6.42. The second-order valence-electron chi connectivity index (χ2n) is 15.8. The molecule has 8 rings (SSSR count). The van der Waals surface area contributed by atoms with Crippen LogP contribution in [0.5, 0.6) is 11.5 Å². The van der Waals surface area contributed by atoms with Crippen LogP contribution in [0.2, 0.25) is 10.0 Å². The van der Waals surface area contributed by atoms with E-state index in [2.05, 4.69) is 23.2 Å². The fourth-order valence-electron chi connectivity index (χ4n) is 8.38. The molecule has 4 atom stereocenters. The third-order valence-electron chi connectivity index (χ3n) is 11.8. The number of carbonyl (C=O) groups excluding carboxylic acids is 2. The van der Waals surface area contributed by atoms with Gasteiger partial charge in [0, 0.05) is 31.6 Å². The van der Waals surface area contributed by atoms with Gasteiger partial charge in [-0.05, 0) is 100 Å². The number of hydrogen-bond acceptors (Lipinski definition) is 7. The summed E-state index contributed by atoms with van der Waals surface area (Å²) >= 11 is 12.2. The Bertz CT molecular complexity index is 2690. The number of amides is 2. The number of carbonyl (C=O) groups is 3. The lowest BCUT2D eigenvalue weighted by Crippen LogP contribution is -2.55. The Kier molecular flexibility index (Phi) is 12.8. The van der Waals surface area contributed by atoms with Crippen LogP contribution < -0.4 is 19.7 Å². The smallest absolute Gasteiger partial charge is 0.326 e. The number of benzene rings is 6. The number of ether oxygens (including phenoxy) is 2. The molecular formula is C51H44Cl2N4O6. The molecule has 2 heterocycles. The van der Waals surface area contributed by atoms with Gasteiger partial charge in [-0.3, -0.25) is 14.5 Å². The first-order chi connectivity index (χ1) is 30.5. The molecule has 318 valence electrons. The zero-order valence-electron chi connectivity index (χ0n) is 34.6. The molecule has 0 fully saturated rings. The van der Waals surface area contributed by atoms with Gasteiger partial charge in [-0.1, -0.05) is 115 Å². The van der Waals surface area contributed by atoms with E-state index in [0.717, 1.165) is 38.9 Å². The molecular weight excluding hydrogens is 835 g/mol. The highest BCUT2D eigenvalue weighted by atomic mass is 35.5. The number of likely N-dealkylation sites (N-methyl/N-ethyl adjacent to an activating group) is 1. The minimum atomic E-state index is -1.18. The zero-order valence-corrected chi connectivity index (χ0v) is 36.1. The fraction of sp³-hybridized carbons (Fsp3) is 0.216. The number of carboxylic acid groups (broad SMARTS) is 1. The van der Waals surface area contributed by atoms with Gasteiger partial charge in [0.15, 0.2) is 0 Å². The fourth-order valence-corrected chi connectivity index (χ4v) is 8.70. The Morgan fingerprint density at radius 2 is 1.56 bits per heavy atom. The Balaban J connectivity index is 1.02. The van der Waals surface area contributed by atoms with Crippen molar-refractivity contribution < 1.29 is 29.0 Å². The summed E-state index contributed by atoms with van der Waals surface area (Å²) in [7, 11) is 1.72. The number of anilines is 1. The molecule has 12 heteroatoms. The van der Waals surface area contributed by atoms with Crippen molar-refractivity contribution in [3.05, 3.63) is 182 Å². The van der Waals surface area contributed by atoms with Crippen LogP contribution in [0.4, 0.5) is 5.69 Å². The van der Waals surface area contributed by atoms with E-state index >= 15 is 0 Å². The zero-order chi connectivity index (χ0) is 44.2. The molecule has 0 aromatic heterocycles. The summed E-state index contributed by atoms with van der Waals surface area (Å²) < 4.78 is 12.5. The Morgan fingerprint density at radius 3 is 2.21 bits per heavy atom. The maximum Gasteiger partial charge on any atom is 0.326 e. The largest absolute Gasteiger partial charge is 0.489 e. The van der Waals surface area contributed by atoms with Crippen LogP contribution in [0.3, 0.4) is 0 Å². The molecule has 0 saturated carbocycles. The molecule has 10 nitrogen and oxygen atoms in total. The van der Waals surface area contributed by atoms with Gasteiger partial charge in [0.05, 0.1) is 33.4 Å². The molecule has 63 heavy (non-hydrogen) atoms. The van der Waals surface area contributed by atoms with E-state index < -0.39 is 24.2 Å². The van der Waals surface area contributed by atoms with Gasteiger partial charge >= 0.3 is 5.97 Å². The summed E-state index contributed by atoms with van der Waals surface area (Å²) in [6, 6.07) is 41.3. The third-order valence-corrected chi connectivity index (χ3v) is 12.5. The average Bonchev–Trinajstić information content (AvgIpc) is 3.30. The average molecular weight is 880 g/mol. The van der Waals surface area contributed by atoms with Crippen molar-refractivity contribution in [2.75, 3.05) is 11.9 Å². The van der Waals surface area contributed by atoms with E-state index in [4.69, 9.17) is 37.9 Å². The number of halogens is 2. The first-order valence-electron chi connectivity index (χ1n) is 20.7. The highest BCUT2D eigenvalue weighted by Crippen LogP contribution is 2.43. The maximum absolute atomic E-state index is 14.5. The van der Waals surface area contributed by atoms with Crippen molar-refractivity contribution >= 4 is 46.7 Å². The summed E-state index contributed by atoms with van der Waals surface area (Å²) in [4.78, 5) is 44.8. The van der Waals surface area contributed by atoms with Gasteiger partial charge < -0.3 is 24.8 Å². The molecule has 0 aliphatic carbocycles. The van der Waals surface area contributed by atoms with E-state index in [1.54, 1.807) is 48.3 Å². The molecule has 2 aliphatic heterocycles. The van der Waals surface area contributed by atoms with Crippen LogP contribution in [0.25, 0.3) is 11.1 Å². The molecule has 0 spiro atoms. The lowest BCUT2D eigenvalue weighted by molar-refractivity contribution is -0.143. The molecule has 2 aliphatic rings. The molecule has 1 unspecified atom stereocenters. The third kappa shape index (κ3) is 9.42. The van der Waals surface area contributed by atoms with Crippen molar-refractivity contribution in [3.8, 4) is 28.7 Å². The van der Waals surface area contributed by atoms with E-state index in [1.807, 2.05) is 97.1 Å². The van der Waals surface area contributed by atoms with E-state index in [0.29, 0.717) is 57.7 Å². The summed E-state index contributed by atoms with van der Waals surface area (Å²) in [6.07, 6.45) is 0.181. The predicted octanol–water partition coefficient (Wildman–Crippen LogP) is 9.90. The lowest BCUT2D eigenvalue weighted by Gasteiger charge is -2.42. The standard InChI is InChI=1S/C51H44Cl2N4O6/c1-3-44(36-7-5-4-6-8-36)57-29-39-27-47-45(56(2)50(59)48(63-47)37-18-20-40(21-19-37)62-30-33-13-22-41(52)42(53)23-33)25-38(39)26-46(57)49(58)55-43(51(60)61)24-31-9-14-34(15-10-31)35-16-11-32(28-54)12-17-35/h4-23,25,27,43-44,46,48H,3,24,26,29-30H2,1-2H3,(H,55,58)(H,60,61)/t43?,44-,46+,48-/m1/s1. The number of carboxylic acids is 1. The van der Waals surface area contributed by atoms with Crippen molar-refractivity contribution in [1.29, 1.82) is 5.26 Å². The van der Waals surface area contributed by atoms with E-state index in [9.17, 15) is 19.5 Å². The topological polar surface area (TPSA) is 132 Å². The number of rotatable bonds is 13. The molecule has 2 amide bonds. The van der Waals surface area contributed by atoms with Crippen molar-refractivity contribution in [2.45, 2.75) is 63.6 Å². The molecule has 0 radical (unpaired) electrons. The summed E-state index contributed by atoms with van der Waals surface area (Å²) in [6.45, 7) is 2.75. The lowest BCUT2D eigenvalue weighted by atomic mass is 9.88. The van der Waals surface area contributed by atoms with E-state index in [1.165, 1.54) is 0 Å². The van der Waals surface area contributed by atoms with Crippen LogP contribution in [-0.4, -0.2) is 46.9 Å². The van der Waals surface area contributed by atoms with Gasteiger partial charge in [-0.2, -0.15) is 5.26 Å². The Labute approximate surface area is 376 Å². The molecule has 0 bridgehead atoms. The summed E-state index contributed by atoms with van der Waals surface area (Å²) in [5.41, 5.74) is 8.18. The van der Waals surface area contributed by atoms with Crippen LogP contribution in [-0.2, 0) is 40.4 Å². The van der Waals surface area contributed by atoms with Gasteiger partial charge in [-0.15, -0.1) is 0 Å². The van der Waals surface area contributed by atoms with Crippen molar-refractivity contribution in [1.82, 2.24) is 10.2 Å².